The predicted octanol–water partition coefficient (Wildman–Crippen LogP) is 3.47. The number of halogens is 1. The number of guanidine groups is 1. The molecule has 27 heavy (non-hydrogen) atoms. The van der Waals surface area contributed by atoms with Crippen LogP contribution in [0.1, 0.15) is 50.8 Å². The van der Waals surface area contributed by atoms with Gasteiger partial charge in [-0.25, -0.2) is 0 Å². The highest BCUT2D eigenvalue weighted by Crippen LogP contribution is 2.34. The van der Waals surface area contributed by atoms with E-state index < -0.39 is 0 Å². The maximum atomic E-state index is 5.55. The van der Waals surface area contributed by atoms with Crippen LogP contribution in [0.5, 0.6) is 0 Å². The first kappa shape index (κ1) is 24.6. The first-order valence-corrected chi connectivity index (χ1v) is 10.8. The molecule has 0 amide bonds. The Morgan fingerprint density at radius 1 is 1.44 bits per heavy atom. The van der Waals surface area contributed by atoms with E-state index in [1.54, 1.807) is 0 Å². The second-order valence-corrected chi connectivity index (χ2v) is 8.67. The molecule has 0 spiro atoms. The van der Waals surface area contributed by atoms with E-state index in [9.17, 15) is 0 Å². The second-order valence-electron chi connectivity index (χ2n) is 7.39. The van der Waals surface area contributed by atoms with E-state index in [2.05, 4.69) is 55.6 Å². The predicted molar refractivity (Wildman–Crippen MR) is 126 cm³/mol. The van der Waals surface area contributed by atoms with Crippen molar-refractivity contribution in [2.45, 2.75) is 50.8 Å². The molecule has 1 aromatic rings. The van der Waals surface area contributed by atoms with Gasteiger partial charge in [0, 0.05) is 56.9 Å². The van der Waals surface area contributed by atoms with Gasteiger partial charge in [0.25, 0.3) is 0 Å². The summed E-state index contributed by atoms with van der Waals surface area (Å²) < 4.78 is 7.66. The Hall–Kier alpha value is -0.480. The summed E-state index contributed by atoms with van der Waals surface area (Å²) >= 11 is 1.93. The molecule has 1 fully saturated rings. The monoisotopic (exact) mass is 509 g/mol. The van der Waals surface area contributed by atoms with E-state index in [4.69, 9.17) is 9.73 Å². The molecule has 8 heteroatoms. The summed E-state index contributed by atoms with van der Waals surface area (Å²) in [6.45, 7) is 10.7. The van der Waals surface area contributed by atoms with Crippen LogP contribution in [-0.4, -0.2) is 65.0 Å². The first-order valence-electron chi connectivity index (χ1n) is 9.55. The Balaban J connectivity index is 0.00000364. The van der Waals surface area contributed by atoms with Crippen molar-refractivity contribution in [3.8, 4) is 0 Å². The van der Waals surface area contributed by atoms with Crippen molar-refractivity contribution in [2.75, 3.05) is 39.6 Å². The standard InChI is InChI=1S/C19H35N5OS.HI/c1-7-20-18(21-14-19(26-6)8-10-25-11-9-19)23(4)12-16-13-24(5)22-17(16)15(2)3;/h13,15H,7-12,14H2,1-6H3,(H,20,21);1H. The van der Waals surface area contributed by atoms with E-state index in [1.165, 1.54) is 11.3 Å². The summed E-state index contributed by atoms with van der Waals surface area (Å²) in [6.07, 6.45) is 6.46. The molecule has 0 aromatic carbocycles. The fraction of sp³-hybridized carbons (Fsp3) is 0.789. The number of aromatic nitrogens is 2. The molecule has 6 nitrogen and oxygen atoms in total. The van der Waals surface area contributed by atoms with Crippen molar-refractivity contribution in [2.24, 2.45) is 12.0 Å². The minimum atomic E-state index is 0. The third kappa shape index (κ3) is 6.81. The van der Waals surface area contributed by atoms with Crippen molar-refractivity contribution in [1.82, 2.24) is 20.0 Å². The van der Waals surface area contributed by atoms with Crippen LogP contribution < -0.4 is 5.32 Å². The lowest BCUT2D eigenvalue weighted by molar-refractivity contribution is 0.0793. The molecule has 1 aliphatic rings. The van der Waals surface area contributed by atoms with Crippen LogP contribution >= 0.6 is 35.7 Å². The number of ether oxygens (including phenoxy) is 1. The quantitative estimate of drug-likeness (QED) is 0.347. The summed E-state index contributed by atoms with van der Waals surface area (Å²) in [5.74, 6) is 1.38. The number of hydrogen-bond acceptors (Lipinski definition) is 4. The van der Waals surface area contributed by atoms with E-state index >= 15 is 0 Å². The van der Waals surface area contributed by atoms with Gasteiger partial charge in [-0.3, -0.25) is 9.67 Å². The van der Waals surface area contributed by atoms with Crippen molar-refractivity contribution in [3.05, 3.63) is 17.5 Å². The molecule has 1 saturated heterocycles. The minimum absolute atomic E-state index is 0. The van der Waals surface area contributed by atoms with E-state index in [0.717, 1.165) is 51.6 Å². The van der Waals surface area contributed by atoms with Gasteiger partial charge >= 0.3 is 0 Å². The van der Waals surface area contributed by atoms with Crippen LogP contribution in [0.2, 0.25) is 0 Å². The second kappa shape index (κ2) is 11.5. The van der Waals surface area contributed by atoms with Gasteiger partial charge in [0.1, 0.15) is 0 Å². The zero-order valence-electron chi connectivity index (χ0n) is 17.6. The van der Waals surface area contributed by atoms with E-state index in [1.807, 2.05) is 23.5 Å². The Morgan fingerprint density at radius 2 is 2.11 bits per heavy atom. The van der Waals surface area contributed by atoms with Gasteiger partial charge in [-0.1, -0.05) is 13.8 Å². The molecule has 0 unspecified atom stereocenters. The number of aliphatic imine (C=N–C) groups is 1. The first-order chi connectivity index (χ1) is 12.4. The lowest BCUT2D eigenvalue weighted by atomic mass is 9.99. The molecule has 2 rings (SSSR count). The van der Waals surface area contributed by atoms with Crippen LogP contribution in [0.15, 0.2) is 11.2 Å². The molecule has 0 radical (unpaired) electrons. The highest BCUT2D eigenvalue weighted by atomic mass is 127. The summed E-state index contributed by atoms with van der Waals surface area (Å²) in [5, 5.41) is 8.07. The Kier molecular flexibility index (Phi) is 10.5. The molecule has 156 valence electrons. The fourth-order valence-corrected chi connectivity index (χ4v) is 4.12. The van der Waals surface area contributed by atoms with Gasteiger partial charge in [-0.05, 0) is 31.9 Å². The zero-order valence-corrected chi connectivity index (χ0v) is 20.8. The van der Waals surface area contributed by atoms with Gasteiger partial charge in [0.2, 0.25) is 0 Å². The van der Waals surface area contributed by atoms with Crippen molar-refractivity contribution >= 4 is 41.7 Å². The third-order valence-corrected chi connectivity index (χ3v) is 6.35. The van der Waals surface area contributed by atoms with Crippen LogP contribution in [0, 0.1) is 0 Å². The van der Waals surface area contributed by atoms with Gasteiger partial charge in [-0.2, -0.15) is 16.9 Å². The maximum Gasteiger partial charge on any atom is 0.194 e. The van der Waals surface area contributed by atoms with Gasteiger partial charge in [-0.15, -0.1) is 24.0 Å². The molecule has 1 aromatic heterocycles. The summed E-state index contributed by atoms with van der Waals surface area (Å²) in [5.41, 5.74) is 2.43. The van der Waals surface area contributed by atoms with Crippen molar-refractivity contribution in [3.63, 3.8) is 0 Å². The number of rotatable bonds is 7. The molecule has 0 aliphatic carbocycles. The summed E-state index contributed by atoms with van der Waals surface area (Å²) in [6, 6.07) is 0. The Labute approximate surface area is 185 Å². The SMILES string of the molecule is CCNC(=NCC1(SC)CCOCC1)N(C)Cc1cn(C)nc1C(C)C.I. The molecular formula is C19H36IN5OS. The molecule has 2 heterocycles. The molecule has 0 bridgehead atoms. The highest BCUT2D eigenvalue weighted by Gasteiger charge is 2.31. The van der Waals surface area contributed by atoms with Gasteiger partial charge in [0.15, 0.2) is 5.96 Å². The van der Waals surface area contributed by atoms with E-state index in [-0.39, 0.29) is 28.7 Å². The average Bonchev–Trinajstić information content (AvgIpc) is 2.99. The largest absolute Gasteiger partial charge is 0.381 e. The average molecular weight is 510 g/mol. The fourth-order valence-electron chi connectivity index (χ4n) is 3.35. The number of thioether (sulfide) groups is 1. The third-order valence-electron chi connectivity index (χ3n) is 4.94. The number of nitrogens with zero attached hydrogens (tertiary/aromatic N) is 4. The van der Waals surface area contributed by atoms with Crippen molar-refractivity contribution < 1.29 is 4.74 Å². The molecule has 0 saturated carbocycles. The topological polar surface area (TPSA) is 54.7 Å². The van der Waals surface area contributed by atoms with Crippen LogP contribution in [-0.2, 0) is 18.3 Å². The smallest absolute Gasteiger partial charge is 0.194 e. The Bertz CT molecular complexity index is 599. The molecule has 0 atom stereocenters. The van der Waals surface area contributed by atoms with Crippen LogP contribution in [0.4, 0.5) is 0 Å². The summed E-state index contributed by atoms with van der Waals surface area (Å²) in [4.78, 5) is 7.19. The van der Waals surface area contributed by atoms with Crippen LogP contribution in [0.25, 0.3) is 0 Å². The van der Waals surface area contributed by atoms with E-state index in [0.29, 0.717) is 5.92 Å². The molecule has 1 aliphatic heterocycles. The normalized spacial score (nSPS) is 16.9. The number of hydrogen-bond donors (Lipinski definition) is 1. The molecule has 1 N–H and O–H groups in total. The lowest BCUT2D eigenvalue weighted by Gasteiger charge is -2.34. The van der Waals surface area contributed by atoms with Gasteiger partial charge < -0.3 is 15.0 Å². The number of aryl methyl sites for hydroxylation is 1. The number of nitrogens with one attached hydrogen (secondary N) is 1. The van der Waals surface area contributed by atoms with Crippen molar-refractivity contribution in [1.29, 1.82) is 0 Å². The maximum absolute atomic E-state index is 5.55. The van der Waals surface area contributed by atoms with Crippen LogP contribution in [0.3, 0.4) is 0 Å². The summed E-state index contributed by atoms with van der Waals surface area (Å²) in [7, 11) is 4.09. The molecular weight excluding hydrogens is 473 g/mol. The minimum Gasteiger partial charge on any atom is -0.381 e. The lowest BCUT2D eigenvalue weighted by Crippen LogP contribution is -2.41. The Morgan fingerprint density at radius 3 is 2.67 bits per heavy atom. The highest BCUT2D eigenvalue weighted by molar-refractivity contribution is 14.0. The zero-order chi connectivity index (χ0) is 19.2. The van der Waals surface area contributed by atoms with Gasteiger partial charge in [0.05, 0.1) is 12.2 Å².